The Morgan fingerprint density at radius 3 is 2.28 bits per heavy atom. The van der Waals surface area contributed by atoms with E-state index in [-0.39, 0.29) is 22.9 Å². The van der Waals surface area contributed by atoms with Gasteiger partial charge in [-0.3, -0.25) is 9.78 Å². The van der Waals surface area contributed by atoms with Gasteiger partial charge in [0.15, 0.2) is 0 Å². The third-order valence-electron chi connectivity index (χ3n) is 11.1. The highest BCUT2D eigenvalue weighted by molar-refractivity contribution is 5.85. The van der Waals surface area contributed by atoms with E-state index in [1.165, 1.54) is 35.1 Å². The zero-order valence-electron chi connectivity index (χ0n) is 23.5. The van der Waals surface area contributed by atoms with Gasteiger partial charge in [0.25, 0.3) is 0 Å². The number of pyridine rings is 1. The number of esters is 1. The van der Waals surface area contributed by atoms with Crippen LogP contribution in [0.5, 0.6) is 0 Å². The van der Waals surface area contributed by atoms with Gasteiger partial charge in [-0.25, -0.2) is 0 Å². The lowest BCUT2D eigenvalue weighted by Crippen LogP contribution is -2.51. The molecule has 0 N–H and O–H groups in total. The summed E-state index contributed by atoms with van der Waals surface area (Å²) in [5.41, 5.74) is 9.89. The summed E-state index contributed by atoms with van der Waals surface area (Å²) in [5.74, 6) is 1.86. The first-order valence-electron chi connectivity index (χ1n) is 14.9. The molecule has 3 heteroatoms. The molecule has 0 saturated heterocycles. The number of benzene rings is 2. The molecule has 1 aromatic heterocycles. The molecule has 1 heterocycles. The molecular weight excluding hydrogens is 478 g/mol. The normalized spacial score (nSPS) is 32.7. The van der Waals surface area contributed by atoms with Crippen LogP contribution in [0.15, 0.2) is 78.5 Å². The van der Waals surface area contributed by atoms with Crippen LogP contribution < -0.4 is 0 Å². The Morgan fingerprint density at radius 2 is 1.56 bits per heavy atom. The molecule has 0 radical (unpaired) electrons. The molecule has 3 nitrogen and oxygen atoms in total. The summed E-state index contributed by atoms with van der Waals surface area (Å²) in [6, 6.07) is 21.7. The molecule has 200 valence electrons. The third-order valence-corrected chi connectivity index (χ3v) is 11.1. The summed E-state index contributed by atoms with van der Waals surface area (Å²) >= 11 is 0. The summed E-state index contributed by atoms with van der Waals surface area (Å²) in [6.07, 6.45) is 12.6. The van der Waals surface area contributed by atoms with Crippen LogP contribution in [0.3, 0.4) is 0 Å². The Bertz CT molecular complexity index is 1440. The number of hydrogen-bond acceptors (Lipinski definition) is 3. The van der Waals surface area contributed by atoms with Gasteiger partial charge in [-0.1, -0.05) is 86.2 Å². The molecule has 0 bridgehead atoms. The van der Waals surface area contributed by atoms with Gasteiger partial charge >= 0.3 is 5.97 Å². The number of aromatic nitrogens is 1. The van der Waals surface area contributed by atoms with Crippen molar-refractivity contribution in [1.82, 2.24) is 4.98 Å². The smallest absolute Gasteiger partial charge is 0.302 e. The highest BCUT2D eigenvalue weighted by Crippen LogP contribution is 2.65. The van der Waals surface area contributed by atoms with Crippen LogP contribution in [0.1, 0.15) is 70.4 Å². The minimum absolute atomic E-state index is 0.0545. The van der Waals surface area contributed by atoms with Crippen molar-refractivity contribution in [3.63, 3.8) is 0 Å². The average Bonchev–Trinajstić information content (AvgIpc) is 3.26. The summed E-state index contributed by atoms with van der Waals surface area (Å²) in [5, 5.41) is 0. The average molecular weight is 518 g/mol. The van der Waals surface area contributed by atoms with Gasteiger partial charge in [-0.2, -0.15) is 0 Å². The fraction of sp³-hybridized carbons (Fsp3) is 0.444. The highest BCUT2D eigenvalue weighted by Gasteiger charge is 2.58. The van der Waals surface area contributed by atoms with Crippen molar-refractivity contribution in [3.8, 4) is 22.4 Å². The maximum Gasteiger partial charge on any atom is 0.302 e. The minimum atomic E-state index is -0.146. The Morgan fingerprint density at radius 1 is 0.872 bits per heavy atom. The number of fused-ring (bicyclic) bond motifs is 7. The number of carbonyl (C=O) groups is 1. The Labute approximate surface area is 232 Å². The van der Waals surface area contributed by atoms with Crippen molar-refractivity contribution >= 4 is 5.97 Å². The van der Waals surface area contributed by atoms with E-state index in [1.807, 2.05) is 0 Å². The zero-order valence-corrected chi connectivity index (χ0v) is 23.5. The van der Waals surface area contributed by atoms with Crippen LogP contribution in [-0.2, 0) is 21.4 Å². The van der Waals surface area contributed by atoms with E-state index in [1.54, 1.807) is 18.1 Å². The molecule has 6 atom stereocenters. The number of ether oxygens (including phenoxy) is 1. The van der Waals surface area contributed by atoms with Crippen LogP contribution in [0, 0.1) is 23.2 Å². The van der Waals surface area contributed by atoms with Crippen molar-refractivity contribution in [2.24, 2.45) is 23.2 Å². The van der Waals surface area contributed by atoms with Gasteiger partial charge in [-0.05, 0) is 83.8 Å². The molecule has 2 fully saturated rings. The lowest BCUT2D eigenvalue weighted by Gasteiger charge is -2.57. The summed E-state index contributed by atoms with van der Waals surface area (Å²) in [6.45, 7) is 6.63. The molecule has 0 aliphatic heterocycles. The van der Waals surface area contributed by atoms with E-state index in [9.17, 15) is 4.79 Å². The second kappa shape index (κ2) is 9.18. The molecule has 2 aromatic carbocycles. The van der Waals surface area contributed by atoms with Crippen molar-refractivity contribution < 1.29 is 9.53 Å². The molecule has 4 aliphatic carbocycles. The molecule has 39 heavy (non-hydrogen) atoms. The van der Waals surface area contributed by atoms with E-state index < -0.39 is 0 Å². The maximum absolute atomic E-state index is 11.6. The molecule has 0 amide bonds. The molecular formula is C36H39NO2. The number of rotatable bonds is 3. The second-order valence-electron chi connectivity index (χ2n) is 13.0. The van der Waals surface area contributed by atoms with Crippen molar-refractivity contribution in [2.45, 2.75) is 77.2 Å². The summed E-state index contributed by atoms with van der Waals surface area (Å²) < 4.78 is 5.67. The maximum atomic E-state index is 11.6. The number of carbonyl (C=O) groups excluding carboxylic acids is 1. The van der Waals surface area contributed by atoms with Gasteiger partial charge in [0.05, 0.1) is 5.69 Å². The largest absolute Gasteiger partial charge is 0.462 e. The van der Waals surface area contributed by atoms with E-state index in [4.69, 9.17) is 9.72 Å². The van der Waals surface area contributed by atoms with Gasteiger partial charge in [0.1, 0.15) is 6.10 Å². The predicted octanol–water partition coefficient (Wildman–Crippen LogP) is 8.32. The van der Waals surface area contributed by atoms with Crippen LogP contribution in [0.2, 0.25) is 0 Å². The van der Waals surface area contributed by atoms with Gasteiger partial charge in [0, 0.05) is 30.7 Å². The van der Waals surface area contributed by atoms with Gasteiger partial charge < -0.3 is 4.74 Å². The first-order chi connectivity index (χ1) is 18.9. The van der Waals surface area contributed by atoms with Crippen LogP contribution in [0.25, 0.3) is 22.4 Å². The van der Waals surface area contributed by atoms with Gasteiger partial charge in [-0.15, -0.1) is 0 Å². The SMILES string of the molecule is CC(=O)O[C@H]1CC[C@@]2(C)C(=CC[C@H]3[C@@H]2CC[C@]2(C)c4c(cnc(-c5ccccc5)c4-c4ccccc4)C[C@@H]32)C1. The first-order valence-corrected chi connectivity index (χ1v) is 14.9. The van der Waals surface area contributed by atoms with E-state index in [2.05, 4.69) is 86.8 Å². The Hall–Kier alpha value is -3.20. The Balaban J connectivity index is 1.30. The summed E-state index contributed by atoms with van der Waals surface area (Å²) in [7, 11) is 0. The van der Waals surface area contributed by atoms with Crippen molar-refractivity contribution in [2.75, 3.05) is 0 Å². The van der Waals surface area contributed by atoms with Crippen molar-refractivity contribution in [3.05, 3.63) is 89.6 Å². The monoisotopic (exact) mass is 517 g/mol. The lowest BCUT2D eigenvalue weighted by atomic mass is 9.47. The van der Waals surface area contributed by atoms with Crippen LogP contribution in [-0.4, -0.2) is 17.1 Å². The fourth-order valence-electron chi connectivity index (χ4n) is 9.27. The fourth-order valence-corrected chi connectivity index (χ4v) is 9.27. The highest BCUT2D eigenvalue weighted by atomic mass is 16.5. The first kappa shape index (κ1) is 24.8. The second-order valence-corrected chi connectivity index (χ2v) is 13.0. The molecule has 0 spiro atoms. The summed E-state index contributed by atoms with van der Waals surface area (Å²) in [4.78, 5) is 16.8. The zero-order chi connectivity index (χ0) is 26.8. The molecule has 0 unspecified atom stereocenters. The third kappa shape index (κ3) is 3.84. The predicted molar refractivity (Wildman–Crippen MR) is 156 cm³/mol. The Kier molecular flexibility index (Phi) is 5.84. The molecule has 7 rings (SSSR count). The molecule has 2 saturated carbocycles. The van der Waals surface area contributed by atoms with E-state index in [0.29, 0.717) is 17.8 Å². The van der Waals surface area contributed by atoms with Crippen LogP contribution >= 0.6 is 0 Å². The topological polar surface area (TPSA) is 39.2 Å². The molecule has 4 aliphatic rings. The number of allylic oxidation sites excluding steroid dienone is 1. The quantitative estimate of drug-likeness (QED) is 0.259. The van der Waals surface area contributed by atoms with E-state index in [0.717, 1.165) is 37.8 Å². The number of nitrogens with zero attached hydrogens (tertiary/aromatic N) is 1. The number of hydrogen-bond donors (Lipinski definition) is 0. The van der Waals surface area contributed by atoms with Crippen LogP contribution in [0.4, 0.5) is 0 Å². The van der Waals surface area contributed by atoms with Crippen molar-refractivity contribution in [1.29, 1.82) is 0 Å². The minimum Gasteiger partial charge on any atom is -0.462 e. The lowest BCUT2D eigenvalue weighted by molar-refractivity contribution is -0.148. The standard InChI is InChI=1S/C36H39NO2/c1-23(38)39-28-16-18-35(2)27(21-28)14-15-29-30(35)17-19-36(3)31(29)20-26-22-37-34(25-12-8-5-9-13-25)32(33(26)36)24-10-6-4-7-11-24/h4-14,22,28-31H,15-21H2,1-3H3/t28-,29-,30-,31-,35-,36-/m0/s1. The molecule has 3 aromatic rings. The van der Waals surface area contributed by atoms with E-state index >= 15 is 0 Å². The van der Waals surface area contributed by atoms with Gasteiger partial charge in [0.2, 0.25) is 0 Å².